The number of carbonyl (C=O) groups is 1. The van der Waals surface area contributed by atoms with E-state index in [1.54, 1.807) is 6.92 Å². The second-order valence-corrected chi connectivity index (χ2v) is 23.0. The predicted octanol–water partition coefficient (Wildman–Crippen LogP) is 3.41. The molecule has 1 spiro atoms. The fourth-order valence-corrected chi connectivity index (χ4v) is 6.40. The van der Waals surface area contributed by atoms with Crippen LogP contribution in [-0.2, 0) is 25.4 Å². The highest BCUT2D eigenvalue weighted by Gasteiger charge is 2.68. The number of nitrogens with two attached hydrogens (primary N) is 1. The zero-order valence-electron chi connectivity index (χ0n) is 24.8. The average molecular weight is 569 g/mol. The number of hydrogen-bond acceptors (Lipinski definition) is 8. The molecule has 0 bridgehead atoms. The van der Waals surface area contributed by atoms with Crippen molar-refractivity contribution in [3.05, 3.63) is 32.6 Å². The van der Waals surface area contributed by atoms with E-state index in [9.17, 15) is 14.4 Å². The lowest BCUT2D eigenvalue weighted by Crippen LogP contribution is -2.62. The Labute approximate surface area is 226 Å². The first kappa shape index (κ1) is 30.5. The maximum atomic E-state index is 13.3. The van der Waals surface area contributed by atoms with Crippen LogP contribution in [0.15, 0.2) is 20.8 Å². The topological polar surface area (TPSA) is 136 Å². The molecule has 1 aromatic rings. The maximum Gasteiger partial charge on any atom is 0.436 e. The van der Waals surface area contributed by atoms with E-state index in [1.165, 1.54) is 17.8 Å². The van der Waals surface area contributed by atoms with E-state index in [4.69, 9.17) is 24.1 Å². The summed E-state index contributed by atoms with van der Waals surface area (Å²) in [6, 6.07) is 0. The first-order chi connectivity index (χ1) is 17.1. The van der Waals surface area contributed by atoms with Gasteiger partial charge in [0.25, 0.3) is 5.56 Å². The van der Waals surface area contributed by atoms with E-state index in [0.29, 0.717) is 5.56 Å². The van der Waals surface area contributed by atoms with E-state index >= 15 is 0 Å². The highest BCUT2D eigenvalue weighted by Crippen LogP contribution is 2.49. The largest absolute Gasteiger partial charge is 0.436 e. The summed E-state index contributed by atoms with van der Waals surface area (Å²) in [6.07, 6.45) is -2.38. The van der Waals surface area contributed by atoms with Crippen LogP contribution in [0, 0.1) is 6.92 Å². The molecule has 2 N–H and O–H groups in total. The highest BCUT2D eigenvalue weighted by atomic mass is 28.4. The molecule has 1 amide bonds. The minimum absolute atomic E-state index is 0.0490. The monoisotopic (exact) mass is 568 g/mol. The van der Waals surface area contributed by atoms with Gasteiger partial charge in [-0.3, -0.25) is 13.9 Å². The molecule has 3 heterocycles. The van der Waals surface area contributed by atoms with Crippen LogP contribution in [-0.4, -0.2) is 62.1 Å². The lowest BCUT2D eigenvalue weighted by atomic mass is 9.91. The van der Waals surface area contributed by atoms with Gasteiger partial charge >= 0.3 is 11.8 Å². The van der Waals surface area contributed by atoms with Crippen molar-refractivity contribution in [3.8, 4) is 0 Å². The van der Waals surface area contributed by atoms with E-state index < -0.39 is 58.0 Å². The second kappa shape index (κ2) is 9.54. The molecule has 3 rings (SSSR count). The molecule has 1 saturated heterocycles. The number of aryl methyl sites for hydroxylation is 1. The summed E-state index contributed by atoms with van der Waals surface area (Å²) in [4.78, 5) is 42.3. The molecule has 0 aromatic carbocycles. The molecule has 13 heteroatoms. The average Bonchev–Trinajstić information content (AvgIpc) is 3.22. The molecular weight excluding hydrogens is 524 g/mol. The number of carbonyl (C=O) groups excluding carboxylic acids is 1. The number of rotatable bonds is 6. The van der Waals surface area contributed by atoms with Gasteiger partial charge in [0, 0.05) is 18.8 Å². The van der Waals surface area contributed by atoms with Gasteiger partial charge in [0.05, 0.1) is 6.61 Å². The number of amides is 1. The molecule has 0 saturated carbocycles. The van der Waals surface area contributed by atoms with Gasteiger partial charge in [-0.1, -0.05) is 41.5 Å². The highest BCUT2D eigenvalue weighted by molar-refractivity contribution is 6.74. The summed E-state index contributed by atoms with van der Waals surface area (Å²) in [6.45, 7) is 22.6. The molecule has 214 valence electrons. The molecule has 2 unspecified atom stereocenters. The van der Waals surface area contributed by atoms with E-state index in [2.05, 4.69) is 72.7 Å². The summed E-state index contributed by atoms with van der Waals surface area (Å²) in [7, 11) is -3.42. The molecule has 11 nitrogen and oxygen atoms in total. The fourth-order valence-electron chi connectivity index (χ4n) is 4.12. The number of amidine groups is 1. The SMILES string of the molecule is Cc1cn([C@@H]2OC(CO[Si](C)(C)C(C)(C)C)C3(OC(=O)N=C3N)[C@H]2O[Si](C)(C)C(C)(C)C)c(=O)n(C)c1=O. The Morgan fingerprint density at radius 2 is 1.61 bits per heavy atom. The molecule has 1 aromatic heterocycles. The smallest absolute Gasteiger partial charge is 0.427 e. The first-order valence-corrected chi connectivity index (χ1v) is 18.7. The van der Waals surface area contributed by atoms with Crippen LogP contribution >= 0.6 is 0 Å². The van der Waals surface area contributed by atoms with E-state index in [-0.39, 0.29) is 22.5 Å². The summed E-state index contributed by atoms with van der Waals surface area (Å²) in [5.41, 5.74) is 4.18. The van der Waals surface area contributed by atoms with Crippen LogP contribution in [0.3, 0.4) is 0 Å². The number of ether oxygens (including phenoxy) is 2. The quantitative estimate of drug-likeness (QED) is 0.516. The van der Waals surface area contributed by atoms with E-state index in [1.807, 2.05) is 0 Å². The van der Waals surface area contributed by atoms with Crippen molar-refractivity contribution in [2.24, 2.45) is 17.8 Å². The number of aliphatic imine (C=N–C) groups is 1. The summed E-state index contributed by atoms with van der Waals surface area (Å²) in [5.74, 6) is -0.0767. The third-order valence-electron chi connectivity index (χ3n) is 8.72. The Morgan fingerprint density at radius 1 is 1.05 bits per heavy atom. The summed E-state index contributed by atoms with van der Waals surface area (Å²) >= 11 is 0. The molecule has 0 radical (unpaired) electrons. The molecule has 1 fully saturated rings. The van der Waals surface area contributed by atoms with Gasteiger partial charge < -0.3 is 24.1 Å². The lowest BCUT2D eigenvalue weighted by molar-refractivity contribution is -0.0572. The van der Waals surface area contributed by atoms with Crippen LogP contribution in [0.25, 0.3) is 0 Å². The normalized spacial score (nSPS) is 26.7. The van der Waals surface area contributed by atoms with Crippen molar-refractivity contribution in [1.82, 2.24) is 9.13 Å². The lowest BCUT2D eigenvalue weighted by Gasteiger charge is -2.43. The van der Waals surface area contributed by atoms with Crippen molar-refractivity contribution >= 4 is 28.6 Å². The van der Waals surface area contributed by atoms with Crippen molar-refractivity contribution in [2.75, 3.05) is 6.61 Å². The van der Waals surface area contributed by atoms with Gasteiger partial charge in [0.2, 0.25) is 5.60 Å². The minimum Gasteiger partial charge on any atom is -0.427 e. The van der Waals surface area contributed by atoms with Crippen LogP contribution in [0.4, 0.5) is 4.79 Å². The molecule has 2 aliphatic rings. The van der Waals surface area contributed by atoms with Gasteiger partial charge in [0.15, 0.2) is 28.7 Å². The molecule has 2 aliphatic heterocycles. The number of nitrogens with zero attached hydrogens (tertiary/aromatic N) is 3. The zero-order chi connectivity index (χ0) is 29.2. The summed E-state index contributed by atoms with van der Waals surface area (Å²) < 4.78 is 28.1. The van der Waals surface area contributed by atoms with Crippen molar-refractivity contribution in [3.63, 3.8) is 0 Å². The van der Waals surface area contributed by atoms with E-state index in [0.717, 1.165) is 4.57 Å². The maximum absolute atomic E-state index is 13.3. The summed E-state index contributed by atoms with van der Waals surface area (Å²) in [5, 5.41) is -0.319. The number of hydrogen-bond donors (Lipinski definition) is 1. The number of aromatic nitrogens is 2. The van der Waals surface area contributed by atoms with Gasteiger partial charge in [-0.15, -0.1) is 0 Å². The Balaban J connectivity index is 2.23. The molecule has 38 heavy (non-hydrogen) atoms. The standard InChI is InChI=1S/C25H44N4O7Si2/c1-15-13-29(22(32)28(8)18(15)30)19-17(36-38(11,12)24(5,6)7)25(20(26)27-21(31)35-25)16(34-19)14-33-37(9,10)23(2,3)4/h13,16-17,19H,14H2,1-12H3,(H2,26,27,31)/t16?,17-,19+,25?/m0/s1. The third kappa shape index (κ3) is 4.98. The van der Waals surface area contributed by atoms with Gasteiger partial charge in [-0.2, -0.15) is 4.99 Å². The van der Waals surface area contributed by atoms with Crippen LogP contribution in [0.2, 0.25) is 36.3 Å². The Hall–Kier alpha value is -2.07. The van der Waals surface area contributed by atoms with Crippen LogP contribution < -0.4 is 17.0 Å². The Bertz CT molecular complexity index is 1260. The molecule has 0 aliphatic carbocycles. The van der Waals surface area contributed by atoms with Gasteiger partial charge in [-0.25, -0.2) is 9.59 Å². The third-order valence-corrected chi connectivity index (χ3v) is 17.7. The van der Waals surface area contributed by atoms with Crippen molar-refractivity contribution in [1.29, 1.82) is 0 Å². The minimum atomic E-state index is -2.56. The van der Waals surface area contributed by atoms with Crippen LogP contribution in [0.1, 0.15) is 53.3 Å². The fraction of sp³-hybridized carbons (Fsp3) is 0.760. The molecular formula is C25H44N4O7Si2. The van der Waals surface area contributed by atoms with Crippen molar-refractivity contribution in [2.45, 2.75) is 109 Å². The van der Waals surface area contributed by atoms with Gasteiger partial charge in [-0.05, 0) is 43.2 Å². The Kier molecular flexibility index (Phi) is 7.65. The second-order valence-electron chi connectivity index (χ2n) is 13.4. The van der Waals surface area contributed by atoms with Gasteiger partial charge in [0.1, 0.15) is 12.2 Å². The van der Waals surface area contributed by atoms with Crippen LogP contribution in [0.5, 0.6) is 0 Å². The van der Waals surface area contributed by atoms with Crippen molar-refractivity contribution < 1.29 is 23.1 Å². The Morgan fingerprint density at radius 3 is 2.08 bits per heavy atom. The molecule has 4 atom stereocenters. The predicted molar refractivity (Wildman–Crippen MR) is 151 cm³/mol. The zero-order valence-corrected chi connectivity index (χ0v) is 26.8. The first-order valence-electron chi connectivity index (χ1n) is 12.9.